The molecule has 0 bridgehead atoms. The molecule has 2 rings (SSSR count). The largest absolute Gasteiger partial charge is 0.463 e. The number of anilines is 2. The van der Waals surface area contributed by atoms with Gasteiger partial charge in [0.2, 0.25) is 5.91 Å². The van der Waals surface area contributed by atoms with Crippen LogP contribution >= 0.6 is 0 Å². The molecule has 2 N–H and O–H groups in total. The van der Waals surface area contributed by atoms with Crippen LogP contribution in [0.15, 0.2) is 60.7 Å². The first-order valence-electron chi connectivity index (χ1n) is 7.71. The summed E-state index contributed by atoms with van der Waals surface area (Å²) in [5.74, 6) is -0.504. The third-order valence-corrected chi connectivity index (χ3v) is 3.12. The topological polar surface area (TPSA) is 67.4 Å². The van der Waals surface area contributed by atoms with Crippen molar-refractivity contribution in [2.75, 3.05) is 23.8 Å². The highest BCUT2D eigenvalue weighted by atomic mass is 16.5. The summed E-state index contributed by atoms with van der Waals surface area (Å²) >= 11 is 0. The van der Waals surface area contributed by atoms with E-state index >= 15 is 0 Å². The van der Waals surface area contributed by atoms with Gasteiger partial charge < -0.3 is 15.4 Å². The number of benzene rings is 2. The molecule has 0 aliphatic heterocycles. The van der Waals surface area contributed by atoms with Gasteiger partial charge in [-0.15, -0.1) is 0 Å². The average Bonchev–Trinajstić information content (AvgIpc) is 2.60. The minimum atomic E-state index is -0.373. The zero-order chi connectivity index (χ0) is 17.2. The van der Waals surface area contributed by atoms with Crippen LogP contribution in [0.3, 0.4) is 0 Å². The van der Waals surface area contributed by atoms with Crippen LogP contribution in [0.25, 0.3) is 6.08 Å². The van der Waals surface area contributed by atoms with Crippen LogP contribution in [-0.4, -0.2) is 25.0 Å². The molecule has 1 amide bonds. The van der Waals surface area contributed by atoms with Crippen molar-refractivity contribution in [3.8, 4) is 0 Å². The molecule has 0 saturated heterocycles. The lowest BCUT2D eigenvalue weighted by molar-refractivity contribution is -0.137. The molecule has 2 aromatic rings. The highest BCUT2D eigenvalue weighted by Crippen LogP contribution is 2.11. The zero-order valence-electron chi connectivity index (χ0n) is 13.5. The SMILES string of the molecule is CCOC(=O)/C=C/c1ccc(NC(=O)CNc2ccccc2)cc1. The Kier molecular flexibility index (Phi) is 6.58. The second-order valence-electron chi connectivity index (χ2n) is 4.98. The van der Waals surface area contributed by atoms with E-state index in [-0.39, 0.29) is 18.4 Å². The quantitative estimate of drug-likeness (QED) is 0.606. The maximum atomic E-state index is 11.9. The molecule has 0 spiro atoms. The molecule has 2 aromatic carbocycles. The number of hydrogen-bond acceptors (Lipinski definition) is 4. The van der Waals surface area contributed by atoms with Crippen LogP contribution in [-0.2, 0) is 14.3 Å². The van der Waals surface area contributed by atoms with Gasteiger partial charge in [-0.3, -0.25) is 4.79 Å². The smallest absolute Gasteiger partial charge is 0.330 e. The summed E-state index contributed by atoms with van der Waals surface area (Å²) in [6, 6.07) is 16.7. The first-order chi connectivity index (χ1) is 11.7. The Hall–Kier alpha value is -3.08. The molecule has 0 aliphatic rings. The zero-order valence-corrected chi connectivity index (χ0v) is 13.5. The number of amides is 1. The van der Waals surface area contributed by atoms with E-state index in [1.54, 1.807) is 25.1 Å². The van der Waals surface area contributed by atoms with Gasteiger partial charge in [0.25, 0.3) is 0 Å². The molecule has 5 heteroatoms. The summed E-state index contributed by atoms with van der Waals surface area (Å²) in [4.78, 5) is 23.2. The van der Waals surface area contributed by atoms with Gasteiger partial charge in [0, 0.05) is 17.5 Å². The molecule has 0 aromatic heterocycles. The fraction of sp³-hybridized carbons (Fsp3) is 0.158. The first kappa shape index (κ1) is 17.3. The van der Waals surface area contributed by atoms with Gasteiger partial charge in [-0.1, -0.05) is 30.3 Å². The van der Waals surface area contributed by atoms with Crippen molar-refractivity contribution in [2.24, 2.45) is 0 Å². The van der Waals surface area contributed by atoms with E-state index in [0.717, 1.165) is 11.3 Å². The van der Waals surface area contributed by atoms with E-state index in [1.807, 2.05) is 42.5 Å². The van der Waals surface area contributed by atoms with Crippen molar-refractivity contribution in [1.29, 1.82) is 0 Å². The number of carbonyl (C=O) groups excluding carboxylic acids is 2. The van der Waals surface area contributed by atoms with E-state index in [4.69, 9.17) is 4.74 Å². The fourth-order valence-corrected chi connectivity index (χ4v) is 1.98. The lowest BCUT2D eigenvalue weighted by Crippen LogP contribution is -2.21. The maximum absolute atomic E-state index is 11.9. The van der Waals surface area contributed by atoms with Crippen molar-refractivity contribution in [3.05, 3.63) is 66.2 Å². The van der Waals surface area contributed by atoms with Gasteiger partial charge in [-0.05, 0) is 42.8 Å². The number of esters is 1. The summed E-state index contributed by atoms with van der Waals surface area (Å²) in [6.07, 6.45) is 3.04. The molecular formula is C19H20N2O3. The second kappa shape index (κ2) is 9.15. The molecular weight excluding hydrogens is 304 g/mol. The van der Waals surface area contributed by atoms with Gasteiger partial charge in [0.1, 0.15) is 0 Å². The van der Waals surface area contributed by atoms with Crippen LogP contribution in [0.5, 0.6) is 0 Å². The maximum Gasteiger partial charge on any atom is 0.330 e. The Labute approximate surface area is 141 Å². The van der Waals surface area contributed by atoms with Crippen LogP contribution in [0, 0.1) is 0 Å². The van der Waals surface area contributed by atoms with Gasteiger partial charge in [0.05, 0.1) is 13.2 Å². The predicted octanol–water partition coefficient (Wildman–Crippen LogP) is 3.31. The van der Waals surface area contributed by atoms with Gasteiger partial charge >= 0.3 is 5.97 Å². The Morgan fingerprint density at radius 1 is 1.00 bits per heavy atom. The highest BCUT2D eigenvalue weighted by molar-refractivity contribution is 5.94. The lowest BCUT2D eigenvalue weighted by Gasteiger charge is -2.08. The van der Waals surface area contributed by atoms with E-state index in [1.165, 1.54) is 6.08 Å². The lowest BCUT2D eigenvalue weighted by atomic mass is 10.2. The van der Waals surface area contributed by atoms with Crippen molar-refractivity contribution in [2.45, 2.75) is 6.92 Å². The number of ether oxygens (including phenoxy) is 1. The standard InChI is InChI=1S/C19H20N2O3/c1-2-24-19(23)13-10-15-8-11-17(12-9-15)21-18(22)14-20-16-6-4-3-5-7-16/h3-13,20H,2,14H2,1H3,(H,21,22)/b13-10+. The van der Waals surface area contributed by atoms with Crippen molar-refractivity contribution >= 4 is 29.3 Å². The first-order valence-corrected chi connectivity index (χ1v) is 7.71. The molecule has 0 unspecified atom stereocenters. The molecule has 0 fully saturated rings. The summed E-state index contributed by atoms with van der Waals surface area (Å²) in [7, 11) is 0. The Balaban J connectivity index is 1.82. The number of nitrogens with one attached hydrogen (secondary N) is 2. The molecule has 0 heterocycles. The van der Waals surface area contributed by atoms with E-state index < -0.39 is 0 Å². The van der Waals surface area contributed by atoms with Crippen LogP contribution < -0.4 is 10.6 Å². The fourth-order valence-electron chi connectivity index (χ4n) is 1.98. The van der Waals surface area contributed by atoms with Crippen molar-refractivity contribution < 1.29 is 14.3 Å². The minimum absolute atomic E-state index is 0.131. The van der Waals surface area contributed by atoms with Crippen molar-refractivity contribution in [3.63, 3.8) is 0 Å². The summed E-state index contributed by atoms with van der Waals surface area (Å²) in [5, 5.41) is 5.85. The average molecular weight is 324 g/mol. The number of carbonyl (C=O) groups is 2. The Morgan fingerprint density at radius 3 is 2.38 bits per heavy atom. The van der Waals surface area contributed by atoms with E-state index in [9.17, 15) is 9.59 Å². The van der Waals surface area contributed by atoms with Gasteiger partial charge in [-0.25, -0.2) is 4.79 Å². The molecule has 0 radical (unpaired) electrons. The van der Waals surface area contributed by atoms with E-state index in [0.29, 0.717) is 12.3 Å². The molecule has 124 valence electrons. The second-order valence-corrected chi connectivity index (χ2v) is 4.98. The van der Waals surface area contributed by atoms with Gasteiger partial charge in [0.15, 0.2) is 0 Å². The highest BCUT2D eigenvalue weighted by Gasteiger charge is 2.02. The normalized spacial score (nSPS) is 10.4. The molecule has 24 heavy (non-hydrogen) atoms. The van der Waals surface area contributed by atoms with E-state index in [2.05, 4.69) is 10.6 Å². The summed E-state index contributed by atoms with van der Waals surface area (Å²) < 4.78 is 4.81. The van der Waals surface area contributed by atoms with Crippen LogP contribution in [0.2, 0.25) is 0 Å². The molecule has 0 saturated carbocycles. The number of rotatable bonds is 7. The Morgan fingerprint density at radius 2 is 1.71 bits per heavy atom. The summed E-state index contributed by atoms with van der Waals surface area (Å²) in [6.45, 7) is 2.30. The van der Waals surface area contributed by atoms with Gasteiger partial charge in [-0.2, -0.15) is 0 Å². The molecule has 0 aliphatic carbocycles. The van der Waals surface area contributed by atoms with Crippen LogP contribution in [0.4, 0.5) is 11.4 Å². The summed E-state index contributed by atoms with van der Waals surface area (Å²) in [5.41, 5.74) is 2.44. The molecule has 0 atom stereocenters. The predicted molar refractivity (Wildman–Crippen MR) is 95.7 cm³/mol. The van der Waals surface area contributed by atoms with Crippen molar-refractivity contribution in [1.82, 2.24) is 0 Å². The third-order valence-electron chi connectivity index (χ3n) is 3.12. The minimum Gasteiger partial charge on any atom is -0.463 e. The number of para-hydroxylation sites is 1. The molecule has 5 nitrogen and oxygen atoms in total. The van der Waals surface area contributed by atoms with Crippen LogP contribution in [0.1, 0.15) is 12.5 Å². The Bertz CT molecular complexity index is 694. The monoisotopic (exact) mass is 324 g/mol. The number of hydrogen-bond donors (Lipinski definition) is 2. The third kappa shape index (κ3) is 5.96.